The largest absolute Gasteiger partial charge is 0.493 e. The van der Waals surface area contributed by atoms with Crippen molar-refractivity contribution in [3.63, 3.8) is 0 Å². The predicted molar refractivity (Wildman–Crippen MR) is 110 cm³/mol. The van der Waals surface area contributed by atoms with E-state index >= 15 is 0 Å². The molecule has 5 heteroatoms. The second-order valence-electron chi connectivity index (χ2n) is 6.84. The van der Waals surface area contributed by atoms with E-state index in [1.807, 2.05) is 18.2 Å². The summed E-state index contributed by atoms with van der Waals surface area (Å²) in [6.07, 6.45) is 0.730. The molecule has 2 N–H and O–H groups in total. The van der Waals surface area contributed by atoms with Crippen molar-refractivity contribution < 1.29 is 14.3 Å². The van der Waals surface area contributed by atoms with Gasteiger partial charge in [-0.2, -0.15) is 0 Å². The molecular weight excluding hydrogens is 340 g/mol. The summed E-state index contributed by atoms with van der Waals surface area (Å²) in [5.41, 5.74) is 4.52. The van der Waals surface area contributed by atoms with Crippen LogP contribution in [0.4, 0.5) is 5.69 Å². The highest BCUT2D eigenvalue weighted by Crippen LogP contribution is 2.28. The normalized spacial score (nSPS) is 10.6. The lowest BCUT2D eigenvalue weighted by Crippen LogP contribution is -2.31. The molecule has 0 fully saturated rings. The minimum atomic E-state index is -0.0200. The number of carbonyl (C=O) groups excluding carboxylic acids is 1. The van der Waals surface area contributed by atoms with Crippen molar-refractivity contribution in [1.29, 1.82) is 0 Å². The zero-order valence-electron chi connectivity index (χ0n) is 16.9. The number of rotatable bonds is 9. The number of anilines is 1. The minimum absolute atomic E-state index is 0.0200. The highest BCUT2D eigenvalue weighted by atomic mass is 16.5. The molecule has 0 radical (unpaired) electrons. The van der Waals surface area contributed by atoms with Gasteiger partial charge in [0.1, 0.15) is 0 Å². The molecule has 0 aliphatic rings. The Morgan fingerprint density at radius 2 is 1.81 bits per heavy atom. The zero-order valence-corrected chi connectivity index (χ0v) is 16.9. The van der Waals surface area contributed by atoms with Crippen LogP contribution in [0, 0.1) is 6.92 Å². The van der Waals surface area contributed by atoms with Crippen LogP contribution in [0.25, 0.3) is 0 Å². The van der Waals surface area contributed by atoms with Gasteiger partial charge in [-0.25, -0.2) is 0 Å². The van der Waals surface area contributed by atoms with Crippen LogP contribution in [0.5, 0.6) is 11.5 Å². The molecular formula is C22H30N2O3. The van der Waals surface area contributed by atoms with E-state index in [9.17, 15) is 4.79 Å². The number of hydrogen-bond donors (Lipinski definition) is 2. The van der Waals surface area contributed by atoms with Crippen molar-refractivity contribution in [2.24, 2.45) is 0 Å². The molecule has 0 unspecified atom stereocenters. The van der Waals surface area contributed by atoms with Gasteiger partial charge in [-0.15, -0.1) is 0 Å². The fourth-order valence-corrected chi connectivity index (χ4v) is 3.03. The number of carbonyl (C=O) groups is 1. The topological polar surface area (TPSA) is 59.6 Å². The van der Waals surface area contributed by atoms with Gasteiger partial charge in [0.05, 0.1) is 20.8 Å². The van der Waals surface area contributed by atoms with E-state index in [0.29, 0.717) is 24.0 Å². The first-order valence-electron chi connectivity index (χ1n) is 9.27. The number of nitrogens with one attached hydrogen (secondary N) is 2. The van der Waals surface area contributed by atoms with Crippen LogP contribution >= 0.6 is 0 Å². The van der Waals surface area contributed by atoms with Crippen LogP contribution < -0.4 is 20.1 Å². The molecule has 0 aliphatic heterocycles. The summed E-state index contributed by atoms with van der Waals surface area (Å²) in [5, 5.41) is 6.26. The van der Waals surface area contributed by atoms with Gasteiger partial charge < -0.3 is 20.1 Å². The lowest BCUT2D eigenvalue weighted by Gasteiger charge is -2.17. The molecule has 0 bridgehead atoms. The lowest BCUT2D eigenvalue weighted by molar-refractivity contribution is -0.119. The summed E-state index contributed by atoms with van der Waals surface area (Å²) in [4.78, 5) is 12.2. The number of amides is 1. The molecule has 0 heterocycles. The summed E-state index contributed by atoms with van der Waals surface area (Å²) in [5.74, 6) is 1.78. The van der Waals surface area contributed by atoms with Gasteiger partial charge in [0.2, 0.25) is 5.91 Å². The molecule has 1 amide bonds. The maximum absolute atomic E-state index is 12.2. The lowest BCUT2D eigenvalue weighted by atomic mass is 9.98. The Hall–Kier alpha value is -2.69. The van der Waals surface area contributed by atoms with Crippen LogP contribution in [0.3, 0.4) is 0 Å². The summed E-state index contributed by atoms with van der Waals surface area (Å²) in [6, 6.07) is 12.0. The second kappa shape index (κ2) is 9.86. The van der Waals surface area contributed by atoms with Crippen molar-refractivity contribution >= 4 is 11.6 Å². The minimum Gasteiger partial charge on any atom is -0.493 e. The third-order valence-electron chi connectivity index (χ3n) is 4.54. The molecule has 0 aromatic heterocycles. The third-order valence-corrected chi connectivity index (χ3v) is 4.54. The number of para-hydroxylation sites is 1. The van der Waals surface area contributed by atoms with Gasteiger partial charge >= 0.3 is 0 Å². The number of hydrogen-bond acceptors (Lipinski definition) is 4. The number of benzene rings is 2. The Bertz CT molecular complexity index is 772. The maximum Gasteiger partial charge on any atom is 0.239 e. The molecule has 0 spiro atoms. The summed E-state index contributed by atoms with van der Waals surface area (Å²) in [7, 11) is 3.23. The van der Waals surface area contributed by atoms with Crippen molar-refractivity contribution in [3.05, 3.63) is 53.1 Å². The molecule has 146 valence electrons. The molecule has 27 heavy (non-hydrogen) atoms. The highest BCUT2D eigenvalue weighted by Gasteiger charge is 2.10. The van der Waals surface area contributed by atoms with Crippen LogP contribution in [0.15, 0.2) is 36.4 Å². The van der Waals surface area contributed by atoms with Gasteiger partial charge in [-0.3, -0.25) is 4.79 Å². The van der Waals surface area contributed by atoms with E-state index in [1.54, 1.807) is 14.2 Å². The van der Waals surface area contributed by atoms with Crippen molar-refractivity contribution in [2.75, 3.05) is 32.6 Å². The predicted octanol–water partition coefficient (Wildman–Crippen LogP) is 3.91. The Kier molecular flexibility index (Phi) is 7.53. The smallest absolute Gasteiger partial charge is 0.239 e. The number of methoxy groups -OCH3 is 2. The van der Waals surface area contributed by atoms with Crippen LogP contribution in [-0.2, 0) is 11.2 Å². The fraction of sp³-hybridized carbons (Fsp3) is 0.409. The van der Waals surface area contributed by atoms with E-state index in [4.69, 9.17) is 9.47 Å². The fourth-order valence-electron chi connectivity index (χ4n) is 3.03. The molecule has 2 aromatic carbocycles. The molecule has 0 atom stereocenters. The van der Waals surface area contributed by atoms with Crippen molar-refractivity contribution in [2.45, 2.75) is 33.1 Å². The van der Waals surface area contributed by atoms with Crippen LogP contribution in [0.2, 0.25) is 0 Å². The summed E-state index contributed by atoms with van der Waals surface area (Å²) < 4.78 is 10.6. The first-order valence-corrected chi connectivity index (χ1v) is 9.27. The molecule has 0 saturated heterocycles. The first kappa shape index (κ1) is 20.6. The first-order chi connectivity index (χ1) is 13.0. The van der Waals surface area contributed by atoms with Crippen molar-refractivity contribution in [1.82, 2.24) is 5.32 Å². The SMILES string of the molecule is COc1ccc(CCNC(=O)CNc2c(C)cccc2C(C)C)cc1OC. The van der Waals surface area contributed by atoms with Gasteiger partial charge in [-0.1, -0.05) is 38.1 Å². The zero-order chi connectivity index (χ0) is 19.8. The van der Waals surface area contributed by atoms with Gasteiger partial charge in [-0.05, 0) is 48.1 Å². The molecule has 2 aromatic rings. The van der Waals surface area contributed by atoms with Crippen LogP contribution in [0.1, 0.15) is 36.5 Å². The number of aryl methyl sites for hydroxylation is 1. The maximum atomic E-state index is 12.2. The summed E-state index contributed by atoms with van der Waals surface area (Å²) in [6.45, 7) is 7.20. The van der Waals surface area contributed by atoms with E-state index < -0.39 is 0 Å². The third kappa shape index (κ3) is 5.64. The van der Waals surface area contributed by atoms with Gasteiger partial charge in [0.25, 0.3) is 0 Å². The molecule has 0 aliphatic carbocycles. The Labute approximate surface area is 162 Å². The highest BCUT2D eigenvalue weighted by molar-refractivity contribution is 5.81. The molecule has 0 saturated carbocycles. The van der Waals surface area contributed by atoms with Gasteiger partial charge in [0, 0.05) is 12.2 Å². The Morgan fingerprint density at radius 3 is 2.48 bits per heavy atom. The van der Waals surface area contributed by atoms with E-state index in [-0.39, 0.29) is 12.5 Å². The Balaban J connectivity index is 1.86. The van der Waals surface area contributed by atoms with Gasteiger partial charge in [0.15, 0.2) is 11.5 Å². The summed E-state index contributed by atoms with van der Waals surface area (Å²) >= 11 is 0. The molecule has 2 rings (SSSR count). The molecule has 5 nitrogen and oxygen atoms in total. The van der Waals surface area contributed by atoms with Crippen molar-refractivity contribution in [3.8, 4) is 11.5 Å². The average molecular weight is 370 g/mol. The second-order valence-corrected chi connectivity index (χ2v) is 6.84. The Morgan fingerprint density at radius 1 is 1.07 bits per heavy atom. The quantitative estimate of drug-likeness (QED) is 0.703. The number of ether oxygens (including phenoxy) is 2. The van der Waals surface area contributed by atoms with E-state index in [2.05, 4.69) is 49.6 Å². The van der Waals surface area contributed by atoms with E-state index in [1.165, 1.54) is 5.56 Å². The average Bonchev–Trinajstić information content (AvgIpc) is 2.66. The van der Waals surface area contributed by atoms with E-state index in [0.717, 1.165) is 23.2 Å². The van der Waals surface area contributed by atoms with Crippen LogP contribution in [-0.4, -0.2) is 33.2 Å². The standard InChI is InChI=1S/C22H30N2O3/c1-15(2)18-8-6-7-16(3)22(18)24-14-21(25)23-12-11-17-9-10-19(26-4)20(13-17)27-5/h6-10,13,15,24H,11-12,14H2,1-5H3,(H,23,25). The monoisotopic (exact) mass is 370 g/mol.